The smallest absolute Gasteiger partial charge is 0.234 e. The Morgan fingerprint density at radius 1 is 1.00 bits per heavy atom. The molecule has 0 radical (unpaired) electrons. The number of furan rings is 1. The first kappa shape index (κ1) is 20.2. The molecule has 0 bridgehead atoms. The standard InChI is InChI=1S/C23H20N2O6S/c1-15-4-2-5-16(12-15)21-25-23(22(31-21)24-14-17-6-3-9-28-17)32(26,27)18-7-8-19-20(13-18)30-11-10-29-19/h2-9,12-13,24H,10-11,14H2,1H3. The van der Waals surface area contributed by atoms with E-state index in [1.165, 1.54) is 12.1 Å². The lowest BCUT2D eigenvalue weighted by Gasteiger charge is -2.18. The Kier molecular flexibility index (Phi) is 5.10. The van der Waals surface area contributed by atoms with E-state index in [0.29, 0.717) is 36.0 Å². The molecule has 9 heteroatoms. The first-order chi connectivity index (χ1) is 15.5. The molecule has 0 saturated carbocycles. The molecular formula is C23H20N2O6S. The topological polar surface area (TPSA) is 104 Å². The molecule has 4 aromatic rings. The van der Waals surface area contributed by atoms with Crippen molar-refractivity contribution in [3.8, 4) is 23.0 Å². The summed E-state index contributed by atoms with van der Waals surface area (Å²) in [6, 6.07) is 15.5. The van der Waals surface area contributed by atoms with Gasteiger partial charge in [-0.2, -0.15) is 4.98 Å². The fraction of sp³-hybridized carbons (Fsp3) is 0.174. The van der Waals surface area contributed by atoms with Gasteiger partial charge in [0.2, 0.25) is 26.6 Å². The predicted octanol–water partition coefficient (Wildman–Crippen LogP) is 4.46. The first-order valence-electron chi connectivity index (χ1n) is 9.99. The van der Waals surface area contributed by atoms with Crippen LogP contribution in [0.15, 0.2) is 79.6 Å². The highest BCUT2D eigenvalue weighted by atomic mass is 32.2. The van der Waals surface area contributed by atoms with Crippen LogP contribution in [0.3, 0.4) is 0 Å². The van der Waals surface area contributed by atoms with Crippen LogP contribution in [0.1, 0.15) is 11.3 Å². The Morgan fingerprint density at radius 2 is 1.84 bits per heavy atom. The van der Waals surface area contributed by atoms with Crippen molar-refractivity contribution >= 4 is 15.7 Å². The highest BCUT2D eigenvalue weighted by molar-refractivity contribution is 7.91. The predicted molar refractivity (Wildman–Crippen MR) is 116 cm³/mol. The lowest BCUT2D eigenvalue weighted by atomic mass is 10.1. The summed E-state index contributed by atoms with van der Waals surface area (Å²) < 4.78 is 49.3. The van der Waals surface area contributed by atoms with Gasteiger partial charge in [0.15, 0.2) is 11.5 Å². The molecule has 0 atom stereocenters. The zero-order chi connectivity index (χ0) is 22.1. The Hall–Kier alpha value is -3.72. The summed E-state index contributed by atoms with van der Waals surface area (Å²) in [5.41, 5.74) is 1.68. The summed E-state index contributed by atoms with van der Waals surface area (Å²) in [5.74, 6) is 1.75. The number of fused-ring (bicyclic) bond motifs is 1. The number of hydrogen-bond acceptors (Lipinski definition) is 8. The van der Waals surface area contributed by atoms with E-state index in [4.69, 9.17) is 18.3 Å². The summed E-state index contributed by atoms with van der Waals surface area (Å²) in [6.45, 7) is 2.95. The van der Waals surface area contributed by atoms with Crippen molar-refractivity contribution in [3.05, 3.63) is 72.2 Å². The Bertz CT molecular complexity index is 1360. The monoisotopic (exact) mass is 452 g/mol. The molecule has 0 unspecified atom stereocenters. The molecule has 0 aliphatic carbocycles. The number of nitrogens with one attached hydrogen (secondary N) is 1. The van der Waals surface area contributed by atoms with Gasteiger partial charge in [-0.25, -0.2) is 8.42 Å². The minimum absolute atomic E-state index is 0.0342. The van der Waals surface area contributed by atoms with Crippen molar-refractivity contribution in [1.82, 2.24) is 4.98 Å². The van der Waals surface area contributed by atoms with E-state index in [0.717, 1.165) is 5.56 Å². The van der Waals surface area contributed by atoms with Crippen LogP contribution in [0.2, 0.25) is 0 Å². The van der Waals surface area contributed by atoms with E-state index >= 15 is 0 Å². The molecular weight excluding hydrogens is 432 g/mol. The van der Waals surface area contributed by atoms with E-state index < -0.39 is 9.84 Å². The van der Waals surface area contributed by atoms with Crippen LogP contribution in [0.25, 0.3) is 11.5 Å². The van der Waals surface area contributed by atoms with Gasteiger partial charge in [0, 0.05) is 11.6 Å². The molecule has 0 saturated heterocycles. The summed E-state index contributed by atoms with van der Waals surface area (Å²) in [7, 11) is -4.02. The van der Waals surface area contributed by atoms with Crippen molar-refractivity contribution < 1.29 is 26.7 Å². The first-order valence-corrected chi connectivity index (χ1v) is 11.5. The SMILES string of the molecule is Cc1cccc(-c2nc(S(=O)(=O)c3ccc4c(c3)OCCO4)c(NCc3ccco3)o2)c1. The van der Waals surface area contributed by atoms with Crippen LogP contribution in [0.4, 0.5) is 5.88 Å². The van der Waals surface area contributed by atoms with Crippen LogP contribution in [-0.2, 0) is 16.4 Å². The molecule has 164 valence electrons. The number of anilines is 1. The number of oxazole rings is 1. The molecule has 0 spiro atoms. The van der Waals surface area contributed by atoms with Gasteiger partial charge in [-0.3, -0.25) is 0 Å². The zero-order valence-corrected chi connectivity index (χ0v) is 18.0. The molecule has 2 aromatic heterocycles. The van der Waals surface area contributed by atoms with Crippen molar-refractivity contribution in [1.29, 1.82) is 0 Å². The fourth-order valence-corrected chi connectivity index (χ4v) is 4.68. The van der Waals surface area contributed by atoms with Crippen molar-refractivity contribution in [2.24, 2.45) is 0 Å². The number of ether oxygens (including phenoxy) is 2. The van der Waals surface area contributed by atoms with Gasteiger partial charge in [-0.05, 0) is 43.3 Å². The third kappa shape index (κ3) is 3.82. The summed E-state index contributed by atoms with van der Waals surface area (Å²) in [5, 5.41) is 2.79. The van der Waals surface area contributed by atoms with E-state index in [1.807, 2.05) is 31.2 Å². The van der Waals surface area contributed by atoms with Gasteiger partial charge in [0.25, 0.3) is 0 Å². The van der Waals surface area contributed by atoms with E-state index in [-0.39, 0.29) is 28.2 Å². The zero-order valence-electron chi connectivity index (χ0n) is 17.2. The third-order valence-corrected chi connectivity index (χ3v) is 6.60. The van der Waals surface area contributed by atoms with Gasteiger partial charge in [-0.1, -0.05) is 17.7 Å². The number of hydrogen-bond donors (Lipinski definition) is 1. The molecule has 3 heterocycles. The van der Waals surface area contributed by atoms with E-state index in [2.05, 4.69) is 10.3 Å². The van der Waals surface area contributed by atoms with Crippen molar-refractivity contribution in [3.63, 3.8) is 0 Å². The van der Waals surface area contributed by atoms with Crippen molar-refractivity contribution in [2.75, 3.05) is 18.5 Å². The lowest BCUT2D eigenvalue weighted by molar-refractivity contribution is 0.171. The molecule has 32 heavy (non-hydrogen) atoms. The highest BCUT2D eigenvalue weighted by Gasteiger charge is 2.30. The molecule has 1 N–H and O–H groups in total. The van der Waals surface area contributed by atoms with E-state index in [9.17, 15) is 8.42 Å². The number of aryl methyl sites for hydroxylation is 1. The molecule has 1 aliphatic rings. The normalized spacial score (nSPS) is 13.2. The van der Waals surface area contributed by atoms with Gasteiger partial charge in [0.1, 0.15) is 19.0 Å². The molecule has 0 fully saturated rings. The Morgan fingerprint density at radius 3 is 2.62 bits per heavy atom. The Labute approximate surface area is 184 Å². The third-order valence-electron chi connectivity index (χ3n) is 4.94. The molecule has 2 aromatic carbocycles. The summed E-state index contributed by atoms with van der Waals surface area (Å²) in [6.07, 6.45) is 1.54. The largest absolute Gasteiger partial charge is 0.486 e. The maximum Gasteiger partial charge on any atom is 0.234 e. The number of aromatic nitrogens is 1. The second-order valence-electron chi connectivity index (χ2n) is 7.26. The number of nitrogens with zero attached hydrogens (tertiary/aromatic N) is 1. The minimum atomic E-state index is -4.02. The quantitative estimate of drug-likeness (QED) is 0.457. The average molecular weight is 452 g/mol. The van der Waals surface area contributed by atoms with Crippen LogP contribution < -0.4 is 14.8 Å². The second kappa shape index (κ2) is 8.08. The van der Waals surface area contributed by atoms with Crippen LogP contribution in [0.5, 0.6) is 11.5 Å². The van der Waals surface area contributed by atoms with Gasteiger partial charge in [-0.15, -0.1) is 0 Å². The molecule has 0 amide bonds. The van der Waals surface area contributed by atoms with Gasteiger partial charge < -0.3 is 23.6 Å². The summed E-state index contributed by atoms with van der Waals surface area (Å²) in [4.78, 5) is 4.40. The average Bonchev–Trinajstić information content (AvgIpc) is 3.47. The number of sulfone groups is 1. The second-order valence-corrected chi connectivity index (χ2v) is 9.13. The minimum Gasteiger partial charge on any atom is -0.486 e. The maximum atomic E-state index is 13.5. The van der Waals surface area contributed by atoms with Crippen LogP contribution >= 0.6 is 0 Å². The molecule has 5 rings (SSSR count). The molecule has 1 aliphatic heterocycles. The van der Waals surface area contributed by atoms with Gasteiger partial charge in [0.05, 0.1) is 17.7 Å². The van der Waals surface area contributed by atoms with Crippen LogP contribution in [0, 0.1) is 6.92 Å². The Balaban J connectivity index is 1.57. The summed E-state index contributed by atoms with van der Waals surface area (Å²) >= 11 is 0. The highest BCUT2D eigenvalue weighted by Crippen LogP contribution is 2.37. The van der Waals surface area contributed by atoms with Gasteiger partial charge >= 0.3 is 0 Å². The van der Waals surface area contributed by atoms with Crippen LogP contribution in [-0.4, -0.2) is 26.6 Å². The fourth-order valence-electron chi connectivity index (χ4n) is 3.38. The number of rotatable bonds is 6. The van der Waals surface area contributed by atoms with E-state index in [1.54, 1.807) is 24.5 Å². The van der Waals surface area contributed by atoms with Crippen molar-refractivity contribution in [2.45, 2.75) is 23.4 Å². The lowest BCUT2D eigenvalue weighted by Crippen LogP contribution is -2.16. The maximum absolute atomic E-state index is 13.5. The molecule has 8 nitrogen and oxygen atoms in total. The number of benzene rings is 2.